The molecule has 0 saturated heterocycles. The molecule has 0 bridgehead atoms. The van der Waals surface area contributed by atoms with Gasteiger partial charge in [-0.15, -0.1) is 0 Å². The lowest BCUT2D eigenvalue weighted by Gasteiger charge is -2.04. The van der Waals surface area contributed by atoms with Crippen molar-refractivity contribution in [3.63, 3.8) is 0 Å². The second-order valence-corrected chi connectivity index (χ2v) is 3.59. The highest BCUT2D eigenvalue weighted by atomic mass is 16.1. The monoisotopic (exact) mass is 203 g/mol. The van der Waals surface area contributed by atoms with Gasteiger partial charge < -0.3 is 4.79 Å². The Morgan fingerprint density at radius 2 is 1.73 bits per heavy atom. The molecule has 1 aromatic carbocycles. The van der Waals surface area contributed by atoms with E-state index in [1.54, 1.807) is 7.28 Å². The Labute approximate surface area is 94.1 Å². The van der Waals surface area contributed by atoms with Crippen LogP contribution in [0.5, 0.6) is 0 Å². The summed E-state index contributed by atoms with van der Waals surface area (Å²) < 4.78 is 0. The van der Waals surface area contributed by atoms with Gasteiger partial charge >= 0.3 is 0 Å². The Hall–Kier alpha value is -1.05. The van der Waals surface area contributed by atoms with Gasteiger partial charge in [0.15, 0.2) is 0 Å². The van der Waals surface area contributed by atoms with E-state index >= 15 is 0 Å². The minimum Gasteiger partial charge on any atom is -0.307 e. The minimum absolute atomic E-state index is 0.133. The predicted octanol–water partition coefficient (Wildman–Crippen LogP) is 3.69. The maximum absolute atomic E-state index is 11.6. The lowest BCUT2D eigenvalue weighted by atomic mass is 9.60. The average Bonchev–Trinajstić information content (AvgIpc) is 2.20. The molecule has 15 heavy (non-hydrogen) atoms. The second kappa shape index (κ2) is 7.27. The first kappa shape index (κ1) is 14.0. The number of hydrogen-bond donors (Lipinski definition) is 0. The van der Waals surface area contributed by atoms with E-state index in [1.807, 2.05) is 58.9 Å². The number of aryl methyl sites for hydroxylation is 1. The normalized spacial score (nSPS) is 9.20. The number of rotatable bonds is 3. The van der Waals surface area contributed by atoms with Gasteiger partial charge in [-0.1, -0.05) is 57.8 Å². The van der Waals surface area contributed by atoms with Gasteiger partial charge in [0.2, 0.25) is 7.28 Å². The SMILES string of the molecule is CC.Cc1ccccc1C(=O)[B]C(C)C. The van der Waals surface area contributed by atoms with Gasteiger partial charge in [-0.2, -0.15) is 0 Å². The largest absolute Gasteiger partial charge is 0.307 e. The van der Waals surface area contributed by atoms with Crippen LogP contribution in [0.25, 0.3) is 0 Å². The number of benzene rings is 1. The van der Waals surface area contributed by atoms with Gasteiger partial charge in [-0.05, 0) is 12.5 Å². The Kier molecular flexibility index (Phi) is 6.77. The van der Waals surface area contributed by atoms with Crippen LogP contribution in [0.15, 0.2) is 24.3 Å². The van der Waals surface area contributed by atoms with E-state index in [9.17, 15) is 4.79 Å². The molecular weight excluding hydrogens is 183 g/mol. The molecule has 1 aromatic rings. The van der Waals surface area contributed by atoms with Gasteiger partial charge in [-0.3, -0.25) is 0 Å². The summed E-state index contributed by atoms with van der Waals surface area (Å²) in [5.41, 5.74) is 1.99. The molecule has 81 valence electrons. The smallest absolute Gasteiger partial charge is 0.212 e. The third-order valence-corrected chi connectivity index (χ3v) is 1.90. The van der Waals surface area contributed by atoms with Crippen molar-refractivity contribution < 1.29 is 4.79 Å². The van der Waals surface area contributed by atoms with E-state index in [0.29, 0.717) is 5.82 Å². The van der Waals surface area contributed by atoms with Crippen LogP contribution in [-0.2, 0) is 0 Å². The van der Waals surface area contributed by atoms with Crippen LogP contribution in [0.3, 0.4) is 0 Å². The summed E-state index contributed by atoms with van der Waals surface area (Å²) in [5.74, 6) is 0.312. The van der Waals surface area contributed by atoms with Crippen LogP contribution >= 0.6 is 0 Å². The van der Waals surface area contributed by atoms with Crippen LogP contribution < -0.4 is 0 Å². The highest BCUT2D eigenvalue weighted by Gasteiger charge is 2.11. The lowest BCUT2D eigenvalue weighted by Crippen LogP contribution is -2.13. The van der Waals surface area contributed by atoms with E-state index in [0.717, 1.165) is 11.1 Å². The average molecular weight is 203 g/mol. The molecule has 1 rings (SSSR count). The maximum Gasteiger partial charge on any atom is 0.212 e. The van der Waals surface area contributed by atoms with Crippen LogP contribution in [0.2, 0.25) is 5.82 Å². The molecule has 1 nitrogen and oxygen atoms in total. The molecule has 0 spiro atoms. The van der Waals surface area contributed by atoms with Crippen molar-refractivity contribution in [2.24, 2.45) is 0 Å². The first-order chi connectivity index (χ1) is 7.11. The first-order valence-electron chi connectivity index (χ1n) is 5.56. The molecule has 2 heteroatoms. The summed E-state index contributed by atoms with van der Waals surface area (Å²) in [5, 5.41) is 0. The first-order valence-corrected chi connectivity index (χ1v) is 5.56. The third kappa shape index (κ3) is 4.82. The Morgan fingerprint density at radius 1 is 1.20 bits per heavy atom. The molecule has 0 N–H and O–H groups in total. The van der Waals surface area contributed by atoms with Gasteiger partial charge in [0.1, 0.15) is 5.68 Å². The third-order valence-electron chi connectivity index (χ3n) is 1.90. The van der Waals surface area contributed by atoms with E-state index in [-0.39, 0.29) is 5.68 Å². The molecule has 0 heterocycles. The van der Waals surface area contributed by atoms with Crippen molar-refractivity contribution in [2.45, 2.75) is 40.4 Å². The van der Waals surface area contributed by atoms with E-state index in [4.69, 9.17) is 0 Å². The topological polar surface area (TPSA) is 17.1 Å². The van der Waals surface area contributed by atoms with Crippen molar-refractivity contribution >= 4 is 13.0 Å². The zero-order valence-corrected chi connectivity index (χ0v) is 10.4. The number of hydrogen-bond acceptors (Lipinski definition) is 1. The summed E-state index contributed by atoms with van der Waals surface area (Å²) in [4.78, 5) is 11.6. The Bertz CT molecular complexity index is 305. The molecule has 0 amide bonds. The van der Waals surface area contributed by atoms with Crippen LogP contribution in [-0.4, -0.2) is 13.0 Å². The van der Waals surface area contributed by atoms with Crippen molar-refractivity contribution in [1.82, 2.24) is 0 Å². The Morgan fingerprint density at radius 3 is 2.20 bits per heavy atom. The highest BCUT2D eigenvalue weighted by Crippen LogP contribution is 2.10. The molecule has 0 saturated carbocycles. The highest BCUT2D eigenvalue weighted by molar-refractivity contribution is 6.78. The number of carbonyl (C=O) groups excluding carboxylic acids is 1. The van der Waals surface area contributed by atoms with Gasteiger partial charge in [-0.25, -0.2) is 0 Å². The van der Waals surface area contributed by atoms with E-state index in [1.165, 1.54) is 0 Å². The van der Waals surface area contributed by atoms with Gasteiger partial charge in [0.25, 0.3) is 0 Å². The van der Waals surface area contributed by atoms with Crippen molar-refractivity contribution in [1.29, 1.82) is 0 Å². The van der Waals surface area contributed by atoms with Crippen LogP contribution in [0.4, 0.5) is 0 Å². The molecule has 0 aliphatic heterocycles. The molecule has 0 aliphatic carbocycles. The lowest BCUT2D eigenvalue weighted by molar-refractivity contribution is 0.107. The summed E-state index contributed by atoms with van der Waals surface area (Å²) in [7, 11) is 1.75. The predicted molar refractivity (Wildman–Crippen MR) is 67.7 cm³/mol. The summed E-state index contributed by atoms with van der Waals surface area (Å²) in [6, 6.07) is 7.67. The molecular formula is C13H20BO. The molecule has 0 aromatic heterocycles. The Balaban J connectivity index is 0.000000921. The van der Waals surface area contributed by atoms with Crippen molar-refractivity contribution in [2.75, 3.05) is 0 Å². The minimum atomic E-state index is 0.133. The van der Waals surface area contributed by atoms with E-state index < -0.39 is 0 Å². The van der Waals surface area contributed by atoms with Crippen LogP contribution in [0, 0.1) is 6.92 Å². The summed E-state index contributed by atoms with van der Waals surface area (Å²) in [6.07, 6.45) is 0. The fourth-order valence-electron chi connectivity index (χ4n) is 1.24. The maximum atomic E-state index is 11.6. The summed E-state index contributed by atoms with van der Waals surface area (Å²) in [6.45, 7) is 9.98. The van der Waals surface area contributed by atoms with Crippen molar-refractivity contribution in [3.05, 3.63) is 35.4 Å². The molecule has 0 atom stereocenters. The zero-order valence-electron chi connectivity index (χ0n) is 10.4. The van der Waals surface area contributed by atoms with Gasteiger partial charge in [0.05, 0.1) is 0 Å². The van der Waals surface area contributed by atoms with E-state index in [2.05, 4.69) is 0 Å². The second-order valence-electron chi connectivity index (χ2n) is 3.59. The van der Waals surface area contributed by atoms with Crippen LogP contribution in [0.1, 0.15) is 43.6 Å². The fourth-order valence-corrected chi connectivity index (χ4v) is 1.24. The fraction of sp³-hybridized carbons (Fsp3) is 0.462. The quantitative estimate of drug-likeness (QED) is 0.684. The molecule has 0 fully saturated rings. The molecule has 0 aliphatic rings. The van der Waals surface area contributed by atoms with Crippen molar-refractivity contribution in [3.8, 4) is 0 Å². The molecule has 0 unspecified atom stereocenters. The van der Waals surface area contributed by atoms with Gasteiger partial charge in [0, 0.05) is 5.56 Å². The standard InChI is InChI=1S/C11H14BO.C2H6/c1-8(2)12-11(13)10-7-5-4-6-9(10)3;1-2/h4-8H,1-3H3;1-2H3. The summed E-state index contributed by atoms with van der Waals surface area (Å²) >= 11 is 0. The zero-order chi connectivity index (χ0) is 11.8. The number of carbonyl (C=O) groups is 1. The molecule has 1 radical (unpaired) electrons.